The summed E-state index contributed by atoms with van der Waals surface area (Å²) < 4.78 is 46.9. The zero-order chi connectivity index (χ0) is 28.6. The average Bonchev–Trinajstić information content (AvgIpc) is 3.39. The Morgan fingerprint density at radius 1 is 1.05 bits per heavy atom. The number of carbonyl (C=O) groups is 2. The monoisotopic (exact) mass is 547 g/mol. The van der Waals surface area contributed by atoms with Gasteiger partial charge >= 0.3 is 12.4 Å². The van der Waals surface area contributed by atoms with Crippen LogP contribution in [0.25, 0.3) is 11.3 Å². The van der Waals surface area contributed by atoms with Gasteiger partial charge in [0.05, 0.1) is 17.8 Å². The molecule has 0 unspecified atom stereocenters. The van der Waals surface area contributed by atoms with E-state index in [9.17, 15) is 22.8 Å². The highest BCUT2D eigenvalue weighted by Gasteiger charge is 2.32. The molecule has 4 rings (SSSR count). The molecule has 0 radical (unpaired) electrons. The molecule has 2 aromatic carbocycles. The van der Waals surface area contributed by atoms with E-state index in [1.165, 1.54) is 18.3 Å². The number of piperazine rings is 1. The maximum atomic E-state index is 13.2. The van der Waals surface area contributed by atoms with Crippen molar-refractivity contribution in [3.8, 4) is 17.0 Å². The van der Waals surface area contributed by atoms with Crippen molar-refractivity contribution < 1.29 is 32.2 Å². The maximum Gasteiger partial charge on any atom is 0.573 e. The van der Waals surface area contributed by atoms with E-state index in [1.54, 1.807) is 16.9 Å². The second-order valence-corrected chi connectivity index (χ2v) is 9.86. The number of halogens is 3. The Balaban J connectivity index is 0.000000631. The Kier molecular flexibility index (Phi) is 9.68. The zero-order valence-electron chi connectivity index (χ0n) is 22.3. The summed E-state index contributed by atoms with van der Waals surface area (Å²) >= 11 is 0. The predicted octanol–water partition coefficient (Wildman–Crippen LogP) is 4.63. The number of nitrogens with zero attached hydrogens (tertiary/aromatic N) is 5. The van der Waals surface area contributed by atoms with E-state index >= 15 is 0 Å². The number of aromatic nitrogens is 3. The molecule has 210 valence electrons. The normalized spacial score (nSPS) is 15.8. The molecule has 0 aliphatic carbocycles. The van der Waals surface area contributed by atoms with Crippen LogP contribution in [0, 0.1) is 0 Å². The molecule has 1 saturated heterocycles. The first-order chi connectivity index (χ1) is 18.4. The van der Waals surface area contributed by atoms with E-state index in [0.29, 0.717) is 37.3 Å². The summed E-state index contributed by atoms with van der Waals surface area (Å²) in [4.78, 5) is 27.8. The number of rotatable bonds is 5. The third-order valence-corrected chi connectivity index (χ3v) is 5.91. The van der Waals surface area contributed by atoms with Gasteiger partial charge in [0.2, 0.25) is 6.41 Å². The lowest BCUT2D eigenvalue weighted by Gasteiger charge is -2.39. The first-order valence-corrected chi connectivity index (χ1v) is 12.3. The number of hydrogen-bond acceptors (Lipinski definition) is 6. The molecule has 1 aromatic heterocycles. The minimum Gasteiger partial charge on any atom is -0.406 e. The first kappa shape index (κ1) is 29.6. The van der Waals surface area contributed by atoms with Crippen molar-refractivity contribution in [1.82, 2.24) is 24.8 Å². The van der Waals surface area contributed by atoms with Gasteiger partial charge in [0.25, 0.3) is 0 Å². The zero-order valence-corrected chi connectivity index (χ0v) is 22.3. The number of carbonyl (C=O) groups excluding carboxylic acids is 2. The quantitative estimate of drug-likeness (QED) is 0.433. The van der Waals surface area contributed by atoms with Crippen LogP contribution in [-0.2, 0) is 16.0 Å². The molecule has 12 heteroatoms. The molecule has 1 aliphatic rings. The van der Waals surface area contributed by atoms with Crippen molar-refractivity contribution in [2.75, 3.05) is 26.7 Å². The number of hydrogen-bond donors (Lipinski definition) is 0. The Labute approximate surface area is 225 Å². The molecule has 0 bridgehead atoms. The van der Waals surface area contributed by atoms with Crippen LogP contribution in [0.1, 0.15) is 26.3 Å². The molecule has 3 aromatic rings. The Bertz CT molecular complexity index is 1210. The summed E-state index contributed by atoms with van der Waals surface area (Å²) in [6.07, 6.45) is -2.01. The molecule has 1 fully saturated rings. The van der Waals surface area contributed by atoms with Gasteiger partial charge in [0.15, 0.2) is 0 Å². The fourth-order valence-corrected chi connectivity index (χ4v) is 3.74. The predicted molar refractivity (Wildman–Crippen MR) is 138 cm³/mol. The molecule has 0 N–H and O–H groups in total. The van der Waals surface area contributed by atoms with Crippen molar-refractivity contribution in [2.45, 2.75) is 45.2 Å². The first-order valence-electron chi connectivity index (χ1n) is 12.3. The number of alkyl halides is 3. The van der Waals surface area contributed by atoms with Gasteiger partial charge < -0.3 is 19.3 Å². The van der Waals surface area contributed by atoms with E-state index in [1.807, 2.05) is 51.1 Å². The van der Waals surface area contributed by atoms with Gasteiger partial charge in [-0.2, -0.15) is 4.68 Å². The van der Waals surface area contributed by atoms with E-state index in [0.717, 1.165) is 28.8 Å². The van der Waals surface area contributed by atoms with E-state index < -0.39 is 12.4 Å². The van der Waals surface area contributed by atoms with Crippen LogP contribution in [0.3, 0.4) is 0 Å². The van der Waals surface area contributed by atoms with Crippen molar-refractivity contribution >= 4 is 12.4 Å². The fraction of sp³-hybridized carbons (Fsp3) is 0.407. The SMILES string of the molecule is COC(C)(C)C.O=CN1CCN(C(=O)n2cc(-c3ccc(OC(F)(F)F)cc3)nn2)[C@H](Cc2ccccc2)C1. The van der Waals surface area contributed by atoms with Gasteiger partial charge in [-0.1, -0.05) is 35.5 Å². The summed E-state index contributed by atoms with van der Waals surface area (Å²) in [5, 5.41) is 7.89. The Morgan fingerprint density at radius 2 is 1.69 bits per heavy atom. The summed E-state index contributed by atoms with van der Waals surface area (Å²) in [7, 11) is 1.71. The summed E-state index contributed by atoms with van der Waals surface area (Å²) in [5.74, 6) is -0.355. The largest absolute Gasteiger partial charge is 0.573 e. The third kappa shape index (κ3) is 9.10. The number of methoxy groups -OCH3 is 1. The Morgan fingerprint density at radius 3 is 2.26 bits per heavy atom. The van der Waals surface area contributed by atoms with Crippen LogP contribution in [0.4, 0.5) is 18.0 Å². The topological polar surface area (TPSA) is 89.8 Å². The highest BCUT2D eigenvalue weighted by Crippen LogP contribution is 2.26. The van der Waals surface area contributed by atoms with Gasteiger partial charge in [0, 0.05) is 32.3 Å². The fourth-order valence-electron chi connectivity index (χ4n) is 3.74. The van der Waals surface area contributed by atoms with Crippen LogP contribution >= 0.6 is 0 Å². The van der Waals surface area contributed by atoms with E-state index in [2.05, 4.69) is 15.0 Å². The minimum absolute atomic E-state index is 0.0417. The van der Waals surface area contributed by atoms with Crippen molar-refractivity contribution in [2.24, 2.45) is 0 Å². The van der Waals surface area contributed by atoms with Crippen LogP contribution in [0.15, 0.2) is 60.8 Å². The molecule has 9 nitrogen and oxygen atoms in total. The number of amides is 2. The maximum absolute atomic E-state index is 13.2. The lowest BCUT2D eigenvalue weighted by atomic mass is 10.0. The molecule has 2 amide bonds. The Hall–Kier alpha value is -3.93. The summed E-state index contributed by atoms with van der Waals surface area (Å²) in [6, 6.07) is 14.2. The molecule has 0 saturated carbocycles. The van der Waals surface area contributed by atoms with Crippen LogP contribution in [0.2, 0.25) is 0 Å². The molecular weight excluding hydrogens is 515 g/mol. The lowest BCUT2D eigenvalue weighted by molar-refractivity contribution is -0.274. The van der Waals surface area contributed by atoms with E-state index in [4.69, 9.17) is 4.74 Å². The smallest absolute Gasteiger partial charge is 0.406 e. The minimum atomic E-state index is -4.78. The van der Waals surface area contributed by atoms with Gasteiger partial charge in [-0.25, -0.2) is 4.79 Å². The number of benzene rings is 2. The van der Waals surface area contributed by atoms with Crippen molar-refractivity contribution in [3.05, 3.63) is 66.4 Å². The molecule has 1 aliphatic heterocycles. The van der Waals surface area contributed by atoms with Crippen molar-refractivity contribution in [1.29, 1.82) is 0 Å². The lowest BCUT2D eigenvalue weighted by Crippen LogP contribution is -2.56. The second kappa shape index (κ2) is 12.7. The van der Waals surface area contributed by atoms with Gasteiger partial charge in [0.1, 0.15) is 11.4 Å². The summed E-state index contributed by atoms with van der Waals surface area (Å²) in [5.41, 5.74) is 1.89. The van der Waals surface area contributed by atoms with Gasteiger partial charge in [-0.05, 0) is 57.0 Å². The average molecular weight is 548 g/mol. The molecular formula is C27H32F3N5O4. The number of ether oxygens (including phenoxy) is 2. The summed E-state index contributed by atoms with van der Waals surface area (Å²) in [6.45, 7) is 7.20. The standard InChI is InChI=1S/C22H20F3N5O3.C5H12O/c23-22(24,25)33-19-8-6-17(7-9-19)20-14-30(27-26-20)21(32)29-11-10-28(15-31)13-18(29)12-16-4-2-1-3-5-16;1-5(2,3)6-4/h1-9,14-15,18H,10-13H2;1-4H3/t18-;/m1./s1. The molecule has 1 atom stereocenters. The molecule has 0 spiro atoms. The molecule has 2 heterocycles. The van der Waals surface area contributed by atoms with Gasteiger partial charge in [-0.15, -0.1) is 18.3 Å². The van der Waals surface area contributed by atoms with Crippen LogP contribution in [-0.4, -0.2) is 82.0 Å². The molecule has 39 heavy (non-hydrogen) atoms. The van der Waals surface area contributed by atoms with E-state index in [-0.39, 0.29) is 17.4 Å². The van der Waals surface area contributed by atoms with Crippen molar-refractivity contribution in [3.63, 3.8) is 0 Å². The van der Waals surface area contributed by atoms with Crippen LogP contribution < -0.4 is 4.74 Å². The second-order valence-electron chi connectivity index (χ2n) is 9.86. The van der Waals surface area contributed by atoms with Gasteiger partial charge in [-0.3, -0.25) is 4.79 Å². The highest BCUT2D eigenvalue weighted by atomic mass is 19.4. The third-order valence-electron chi connectivity index (χ3n) is 5.91. The van der Waals surface area contributed by atoms with Crippen LogP contribution in [0.5, 0.6) is 5.75 Å². The highest BCUT2D eigenvalue weighted by molar-refractivity contribution is 5.77.